The van der Waals surface area contributed by atoms with Crippen LogP contribution in [-0.4, -0.2) is 30.0 Å². The van der Waals surface area contributed by atoms with Crippen LogP contribution < -0.4 is 0 Å². The predicted octanol–water partition coefficient (Wildman–Crippen LogP) is 5.19. The van der Waals surface area contributed by atoms with Crippen LogP contribution in [0.25, 0.3) is 22.2 Å². The first-order chi connectivity index (χ1) is 14.8. The van der Waals surface area contributed by atoms with Gasteiger partial charge >= 0.3 is 5.97 Å². The van der Waals surface area contributed by atoms with Crippen molar-refractivity contribution in [3.05, 3.63) is 82.6 Å². The van der Waals surface area contributed by atoms with Crippen molar-refractivity contribution in [2.45, 2.75) is 18.7 Å². The smallest absolute Gasteiger partial charge is 0.338 e. The highest BCUT2D eigenvalue weighted by Crippen LogP contribution is 2.34. The van der Waals surface area contributed by atoms with E-state index in [1.807, 2.05) is 19.1 Å². The Hall–Kier alpha value is -2.97. The fourth-order valence-electron chi connectivity index (χ4n) is 3.32. The maximum absolute atomic E-state index is 13.4. The lowest BCUT2D eigenvalue weighted by Gasteiger charge is -2.07. The van der Waals surface area contributed by atoms with Gasteiger partial charge in [0, 0.05) is 27.8 Å². The summed E-state index contributed by atoms with van der Waals surface area (Å²) in [5.74, 6) is -0.431. The molecule has 6 nitrogen and oxygen atoms in total. The molecule has 4 rings (SSSR count). The van der Waals surface area contributed by atoms with E-state index >= 15 is 0 Å². The van der Waals surface area contributed by atoms with E-state index in [4.69, 9.17) is 4.74 Å². The van der Waals surface area contributed by atoms with Crippen molar-refractivity contribution in [1.29, 1.82) is 0 Å². The summed E-state index contributed by atoms with van der Waals surface area (Å²) in [4.78, 5) is 16.7. The van der Waals surface area contributed by atoms with Gasteiger partial charge < -0.3 is 4.74 Å². The van der Waals surface area contributed by atoms with E-state index in [0.717, 1.165) is 5.56 Å². The van der Waals surface area contributed by atoms with E-state index in [2.05, 4.69) is 20.9 Å². The zero-order valence-corrected chi connectivity index (χ0v) is 19.3. The third-order valence-electron chi connectivity index (χ3n) is 4.84. The van der Waals surface area contributed by atoms with Crippen LogP contribution in [0, 0.1) is 6.92 Å². The van der Waals surface area contributed by atoms with Crippen LogP contribution in [0.2, 0.25) is 0 Å². The minimum absolute atomic E-state index is 0.173. The molecule has 0 unspecified atom stereocenters. The maximum Gasteiger partial charge on any atom is 0.338 e. The number of rotatable bonds is 5. The highest BCUT2D eigenvalue weighted by Gasteiger charge is 2.23. The molecule has 0 radical (unpaired) electrons. The van der Waals surface area contributed by atoms with Gasteiger partial charge in [-0.15, -0.1) is 0 Å². The number of halogens is 1. The molecule has 31 heavy (non-hydrogen) atoms. The van der Waals surface area contributed by atoms with Crippen LogP contribution in [0.3, 0.4) is 0 Å². The molecule has 0 aliphatic rings. The molecule has 4 aromatic rings. The number of nitrogens with zero attached hydrogens (tertiary/aromatic N) is 2. The molecule has 0 saturated carbocycles. The lowest BCUT2D eigenvalue weighted by molar-refractivity contribution is 0.0526. The minimum atomic E-state index is -3.87. The molecule has 2 aromatic carbocycles. The maximum atomic E-state index is 13.4. The standard InChI is InChI=1S/C23H19BrN2O4S/c1-3-30-23(27)17-6-4-5-16(11-17)21-14-26(22-20(21)12-18(24)13-25-22)31(28,29)19-9-7-15(2)8-10-19/h4-14H,3H2,1-2H3. The summed E-state index contributed by atoms with van der Waals surface area (Å²) in [5.41, 5.74) is 3.00. The molecule has 0 spiro atoms. The average Bonchev–Trinajstić information content (AvgIpc) is 3.14. The van der Waals surface area contributed by atoms with Crippen LogP contribution in [0.1, 0.15) is 22.8 Å². The van der Waals surface area contributed by atoms with Gasteiger partial charge in [-0.25, -0.2) is 22.2 Å². The number of carbonyl (C=O) groups is 1. The van der Waals surface area contributed by atoms with Crippen molar-refractivity contribution < 1.29 is 17.9 Å². The molecule has 0 amide bonds. The summed E-state index contributed by atoms with van der Waals surface area (Å²) < 4.78 is 33.8. The summed E-state index contributed by atoms with van der Waals surface area (Å²) in [5, 5.41) is 0.645. The van der Waals surface area contributed by atoms with Gasteiger partial charge in [-0.2, -0.15) is 0 Å². The Balaban J connectivity index is 1.93. The highest BCUT2D eigenvalue weighted by atomic mass is 79.9. The topological polar surface area (TPSA) is 78.3 Å². The molecule has 0 atom stereocenters. The Morgan fingerprint density at radius 3 is 2.58 bits per heavy atom. The summed E-state index contributed by atoms with van der Waals surface area (Å²) in [7, 11) is -3.87. The monoisotopic (exact) mass is 498 g/mol. The molecule has 0 aliphatic carbocycles. The number of hydrogen-bond donors (Lipinski definition) is 0. The van der Waals surface area contributed by atoms with Crippen molar-refractivity contribution in [2.75, 3.05) is 6.61 Å². The van der Waals surface area contributed by atoms with Crippen molar-refractivity contribution in [2.24, 2.45) is 0 Å². The fourth-order valence-corrected chi connectivity index (χ4v) is 4.97. The highest BCUT2D eigenvalue weighted by molar-refractivity contribution is 9.10. The van der Waals surface area contributed by atoms with E-state index in [0.29, 0.717) is 32.2 Å². The van der Waals surface area contributed by atoms with Gasteiger partial charge in [0.15, 0.2) is 5.65 Å². The number of esters is 1. The van der Waals surface area contributed by atoms with Gasteiger partial charge in [0.2, 0.25) is 0 Å². The summed E-state index contributed by atoms with van der Waals surface area (Å²) in [6.07, 6.45) is 3.10. The molecule has 0 saturated heterocycles. The average molecular weight is 499 g/mol. The molecule has 0 N–H and O–H groups in total. The zero-order chi connectivity index (χ0) is 22.2. The van der Waals surface area contributed by atoms with Crippen molar-refractivity contribution >= 4 is 43.0 Å². The summed E-state index contributed by atoms with van der Waals surface area (Å²) >= 11 is 3.41. The van der Waals surface area contributed by atoms with Crippen LogP contribution in [0.4, 0.5) is 0 Å². The number of benzene rings is 2. The molecular formula is C23H19BrN2O4S. The van der Waals surface area contributed by atoms with E-state index in [9.17, 15) is 13.2 Å². The second-order valence-electron chi connectivity index (χ2n) is 6.98. The van der Waals surface area contributed by atoms with Gasteiger partial charge in [-0.1, -0.05) is 29.8 Å². The number of ether oxygens (including phenoxy) is 1. The molecule has 2 heterocycles. The Labute approximate surface area is 188 Å². The Bertz CT molecular complexity index is 1390. The molecule has 0 aliphatic heterocycles. The number of aromatic nitrogens is 2. The zero-order valence-electron chi connectivity index (χ0n) is 16.9. The summed E-state index contributed by atoms with van der Waals surface area (Å²) in [6.45, 7) is 3.91. The number of fused-ring (bicyclic) bond motifs is 1. The van der Waals surface area contributed by atoms with Crippen molar-refractivity contribution in [3.63, 3.8) is 0 Å². The fraction of sp³-hybridized carbons (Fsp3) is 0.130. The molecule has 158 valence electrons. The first-order valence-corrected chi connectivity index (χ1v) is 11.8. The second-order valence-corrected chi connectivity index (χ2v) is 9.71. The molecular weight excluding hydrogens is 480 g/mol. The van der Waals surface area contributed by atoms with Crippen LogP contribution in [0.5, 0.6) is 0 Å². The summed E-state index contributed by atoms with van der Waals surface area (Å²) in [6, 6.07) is 15.4. The number of aryl methyl sites for hydroxylation is 1. The lowest BCUT2D eigenvalue weighted by Crippen LogP contribution is -2.12. The number of pyridine rings is 1. The quantitative estimate of drug-likeness (QED) is 0.354. The number of hydrogen-bond acceptors (Lipinski definition) is 5. The van der Waals surface area contributed by atoms with Gasteiger partial charge in [0.1, 0.15) is 0 Å². The Morgan fingerprint density at radius 1 is 1.13 bits per heavy atom. The van der Waals surface area contributed by atoms with Gasteiger partial charge in [0.05, 0.1) is 17.1 Å². The van der Waals surface area contributed by atoms with Gasteiger partial charge in [0.25, 0.3) is 10.0 Å². The SMILES string of the molecule is CCOC(=O)c1cccc(-c2cn(S(=O)(=O)c3ccc(C)cc3)c3ncc(Br)cc23)c1. The largest absolute Gasteiger partial charge is 0.462 e. The predicted molar refractivity (Wildman–Crippen MR) is 123 cm³/mol. The van der Waals surface area contributed by atoms with Crippen molar-refractivity contribution in [3.8, 4) is 11.1 Å². The lowest BCUT2D eigenvalue weighted by atomic mass is 10.0. The second kappa shape index (κ2) is 8.28. The van der Waals surface area contributed by atoms with Gasteiger partial charge in [-0.05, 0) is 65.7 Å². The molecule has 0 bridgehead atoms. The number of carbonyl (C=O) groups excluding carboxylic acids is 1. The first kappa shape index (κ1) is 21.3. The molecule has 0 fully saturated rings. The van der Waals surface area contributed by atoms with Crippen molar-refractivity contribution in [1.82, 2.24) is 8.96 Å². The van der Waals surface area contributed by atoms with Crippen LogP contribution in [-0.2, 0) is 14.8 Å². The van der Waals surface area contributed by atoms with E-state index in [1.165, 1.54) is 3.97 Å². The van der Waals surface area contributed by atoms with E-state index in [1.54, 1.807) is 61.8 Å². The third-order valence-corrected chi connectivity index (χ3v) is 6.94. The first-order valence-electron chi connectivity index (χ1n) is 9.57. The van der Waals surface area contributed by atoms with Crippen LogP contribution in [0.15, 0.2) is 76.4 Å². The Kier molecular flexibility index (Phi) is 5.68. The van der Waals surface area contributed by atoms with Gasteiger partial charge in [-0.3, -0.25) is 0 Å². The van der Waals surface area contributed by atoms with Crippen LogP contribution >= 0.6 is 15.9 Å². The van der Waals surface area contributed by atoms with E-state index < -0.39 is 16.0 Å². The molecule has 2 aromatic heterocycles. The Morgan fingerprint density at radius 2 is 1.87 bits per heavy atom. The molecule has 8 heteroatoms. The third kappa shape index (κ3) is 4.00. The minimum Gasteiger partial charge on any atom is -0.462 e. The normalized spacial score (nSPS) is 11.6. The van der Waals surface area contributed by atoms with E-state index in [-0.39, 0.29) is 11.5 Å².